The highest BCUT2D eigenvalue weighted by Gasteiger charge is 2.01. The second-order valence-electron chi connectivity index (χ2n) is 3.13. The molecule has 0 radical (unpaired) electrons. The molecule has 4 nitrogen and oxygen atoms in total. The maximum absolute atomic E-state index is 5.64. The third kappa shape index (κ3) is 2.47. The van der Waals surface area contributed by atoms with E-state index in [1.54, 1.807) is 18.3 Å². The molecule has 0 amide bonds. The number of ether oxygens (including phenoxy) is 1. The Balaban J connectivity index is 2.11. The predicted molar refractivity (Wildman–Crippen MR) is 57.2 cm³/mol. The molecule has 0 saturated carbocycles. The van der Waals surface area contributed by atoms with Gasteiger partial charge in [0, 0.05) is 29.9 Å². The molecule has 2 aromatic heterocycles. The lowest BCUT2D eigenvalue weighted by molar-refractivity contribution is 0.443. The summed E-state index contributed by atoms with van der Waals surface area (Å²) in [5.74, 6) is 1.48. The molecule has 2 aromatic rings. The van der Waals surface area contributed by atoms with Crippen LogP contribution in [0.3, 0.4) is 0 Å². The van der Waals surface area contributed by atoms with E-state index in [1.165, 1.54) is 0 Å². The van der Waals surface area contributed by atoms with Gasteiger partial charge in [0.25, 0.3) is 0 Å². The summed E-state index contributed by atoms with van der Waals surface area (Å²) in [6, 6.07) is 5.44. The number of aromatic amines is 1. The number of pyridine rings is 1. The first kappa shape index (κ1) is 9.98. The summed E-state index contributed by atoms with van der Waals surface area (Å²) >= 11 is 5.64. The average Bonchev–Trinajstić information content (AvgIpc) is 2.65. The largest absolute Gasteiger partial charge is 0.419 e. The zero-order valence-electron chi connectivity index (χ0n) is 8.20. The van der Waals surface area contributed by atoms with Crippen LogP contribution in [0.5, 0.6) is 11.8 Å². The molecule has 0 aliphatic heterocycles. The highest BCUT2D eigenvalue weighted by atomic mass is 35.5. The van der Waals surface area contributed by atoms with Gasteiger partial charge in [-0.2, -0.15) is 0 Å². The fourth-order valence-electron chi connectivity index (χ4n) is 1.10. The van der Waals surface area contributed by atoms with Gasteiger partial charge in [0.1, 0.15) is 0 Å². The first-order valence-corrected chi connectivity index (χ1v) is 5.02. The van der Waals surface area contributed by atoms with Gasteiger partial charge < -0.3 is 4.74 Å². The number of hydrogen-bond donors (Lipinski definition) is 1. The third-order valence-corrected chi connectivity index (χ3v) is 2.15. The van der Waals surface area contributed by atoms with Crippen LogP contribution in [0.1, 0.15) is 11.3 Å². The van der Waals surface area contributed by atoms with Crippen LogP contribution >= 0.6 is 11.6 Å². The van der Waals surface area contributed by atoms with Crippen molar-refractivity contribution in [3.63, 3.8) is 0 Å². The first-order valence-electron chi connectivity index (χ1n) is 4.48. The molecule has 15 heavy (non-hydrogen) atoms. The Labute approximate surface area is 92.3 Å². The Morgan fingerprint density at radius 3 is 2.80 bits per heavy atom. The summed E-state index contributed by atoms with van der Waals surface area (Å²) in [6.45, 7) is 1.91. The molecule has 78 valence electrons. The molecule has 2 rings (SSSR count). The number of H-pyrrole nitrogens is 1. The standard InChI is InChI=1S/C10H10ClN3O/c1-7-4-10(14-13-7)15-9-3-2-8(5-11)6-12-9/h2-4,6H,5H2,1H3,(H,13,14). The summed E-state index contributed by atoms with van der Waals surface area (Å²) < 4.78 is 5.40. The maximum Gasteiger partial charge on any atom is 0.240 e. The van der Waals surface area contributed by atoms with Crippen molar-refractivity contribution in [1.82, 2.24) is 15.2 Å². The summed E-state index contributed by atoms with van der Waals surface area (Å²) in [4.78, 5) is 4.09. The van der Waals surface area contributed by atoms with Crippen molar-refractivity contribution in [3.05, 3.63) is 35.7 Å². The number of nitrogens with one attached hydrogen (secondary N) is 1. The van der Waals surface area contributed by atoms with Gasteiger partial charge in [-0.05, 0) is 12.5 Å². The molecule has 0 unspecified atom stereocenters. The van der Waals surface area contributed by atoms with Gasteiger partial charge >= 0.3 is 0 Å². The second-order valence-corrected chi connectivity index (χ2v) is 3.40. The van der Waals surface area contributed by atoms with Gasteiger partial charge in [0.2, 0.25) is 11.8 Å². The molecule has 0 bridgehead atoms. The topological polar surface area (TPSA) is 50.8 Å². The Morgan fingerprint density at radius 1 is 1.40 bits per heavy atom. The van der Waals surface area contributed by atoms with Crippen LogP contribution in [-0.4, -0.2) is 15.2 Å². The van der Waals surface area contributed by atoms with Crippen molar-refractivity contribution >= 4 is 11.6 Å². The number of rotatable bonds is 3. The van der Waals surface area contributed by atoms with Crippen molar-refractivity contribution in [3.8, 4) is 11.8 Å². The molecule has 0 fully saturated rings. The van der Waals surface area contributed by atoms with E-state index in [0.717, 1.165) is 11.3 Å². The smallest absolute Gasteiger partial charge is 0.240 e. The Bertz CT molecular complexity index is 438. The van der Waals surface area contributed by atoms with Gasteiger partial charge in [-0.1, -0.05) is 6.07 Å². The summed E-state index contributed by atoms with van der Waals surface area (Å²) in [5, 5.41) is 6.73. The average molecular weight is 224 g/mol. The molecule has 2 heterocycles. The van der Waals surface area contributed by atoms with Crippen LogP contribution in [0, 0.1) is 6.92 Å². The Morgan fingerprint density at radius 2 is 2.27 bits per heavy atom. The van der Waals surface area contributed by atoms with E-state index < -0.39 is 0 Å². The lowest BCUT2D eigenvalue weighted by Crippen LogP contribution is -1.88. The SMILES string of the molecule is Cc1cc(Oc2ccc(CCl)cn2)n[nH]1. The van der Waals surface area contributed by atoms with Crippen LogP contribution in [-0.2, 0) is 5.88 Å². The number of nitrogens with zero attached hydrogens (tertiary/aromatic N) is 2. The normalized spacial score (nSPS) is 10.3. The first-order chi connectivity index (χ1) is 7.28. The molecular formula is C10H10ClN3O. The van der Waals surface area contributed by atoms with Gasteiger partial charge in [-0.15, -0.1) is 16.7 Å². The monoisotopic (exact) mass is 223 g/mol. The van der Waals surface area contributed by atoms with E-state index in [9.17, 15) is 0 Å². The van der Waals surface area contributed by atoms with Crippen LogP contribution in [0.4, 0.5) is 0 Å². The summed E-state index contributed by atoms with van der Waals surface area (Å²) in [7, 11) is 0. The van der Waals surface area contributed by atoms with E-state index in [2.05, 4.69) is 15.2 Å². The summed E-state index contributed by atoms with van der Waals surface area (Å²) in [6.07, 6.45) is 1.68. The maximum atomic E-state index is 5.64. The lowest BCUT2D eigenvalue weighted by atomic mass is 10.3. The zero-order chi connectivity index (χ0) is 10.7. The molecule has 0 spiro atoms. The highest BCUT2D eigenvalue weighted by molar-refractivity contribution is 6.17. The molecule has 0 saturated heterocycles. The zero-order valence-corrected chi connectivity index (χ0v) is 8.95. The van der Waals surface area contributed by atoms with E-state index in [4.69, 9.17) is 16.3 Å². The highest BCUT2D eigenvalue weighted by Crippen LogP contribution is 2.17. The molecule has 0 aliphatic rings. The molecule has 0 aliphatic carbocycles. The van der Waals surface area contributed by atoms with Gasteiger partial charge in [-0.25, -0.2) is 4.98 Å². The van der Waals surface area contributed by atoms with Crippen molar-refractivity contribution < 1.29 is 4.74 Å². The minimum atomic E-state index is 0.453. The number of aryl methyl sites for hydroxylation is 1. The lowest BCUT2D eigenvalue weighted by Gasteiger charge is -2.00. The summed E-state index contributed by atoms with van der Waals surface area (Å²) in [5.41, 5.74) is 1.91. The van der Waals surface area contributed by atoms with E-state index in [0.29, 0.717) is 17.6 Å². The predicted octanol–water partition coefficient (Wildman–Crippen LogP) is 2.64. The van der Waals surface area contributed by atoms with Crippen LogP contribution in [0.15, 0.2) is 24.4 Å². The number of hydrogen-bond acceptors (Lipinski definition) is 3. The van der Waals surface area contributed by atoms with Crippen LogP contribution < -0.4 is 4.74 Å². The van der Waals surface area contributed by atoms with Crippen molar-refractivity contribution in [2.75, 3.05) is 0 Å². The third-order valence-electron chi connectivity index (χ3n) is 1.84. The van der Waals surface area contributed by atoms with E-state index >= 15 is 0 Å². The fourth-order valence-corrected chi connectivity index (χ4v) is 1.26. The van der Waals surface area contributed by atoms with Crippen molar-refractivity contribution in [1.29, 1.82) is 0 Å². The van der Waals surface area contributed by atoms with Crippen LogP contribution in [0.2, 0.25) is 0 Å². The van der Waals surface area contributed by atoms with Gasteiger partial charge in [0.05, 0.1) is 0 Å². The molecule has 0 atom stereocenters. The molecule has 1 N–H and O–H groups in total. The second kappa shape index (κ2) is 4.31. The number of alkyl halides is 1. The number of halogens is 1. The van der Waals surface area contributed by atoms with Crippen molar-refractivity contribution in [2.45, 2.75) is 12.8 Å². The minimum absolute atomic E-state index is 0.453. The quantitative estimate of drug-likeness (QED) is 0.814. The van der Waals surface area contributed by atoms with Gasteiger partial charge in [-0.3, -0.25) is 5.10 Å². The Hall–Kier alpha value is -1.55. The van der Waals surface area contributed by atoms with Gasteiger partial charge in [0.15, 0.2) is 0 Å². The Kier molecular flexibility index (Phi) is 2.87. The number of aromatic nitrogens is 3. The minimum Gasteiger partial charge on any atom is -0.419 e. The van der Waals surface area contributed by atoms with E-state index in [1.807, 2.05) is 13.0 Å². The molecule has 5 heteroatoms. The van der Waals surface area contributed by atoms with Crippen molar-refractivity contribution in [2.24, 2.45) is 0 Å². The van der Waals surface area contributed by atoms with E-state index in [-0.39, 0.29) is 0 Å². The molecular weight excluding hydrogens is 214 g/mol. The molecule has 0 aromatic carbocycles. The fraction of sp³-hybridized carbons (Fsp3) is 0.200. The van der Waals surface area contributed by atoms with Crippen LogP contribution in [0.25, 0.3) is 0 Å².